The molecule has 3 nitrogen and oxygen atoms in total. The molecule has 1 amide bonds. The van der Waals surface area contributed by atoms with Crippen LogP contribution in [0.25, 0.3) is 0 Å². The lowest BCUT2D eigenvalue weighted by atomic mass is 9.86. The summed E-state index contributed by atoms with van der Waals surface area (Å²) in [6, 6.07) is 21.6. The number of β-lactam (4-membered cyclic amide) rings is 1. The quantitative estimate of drug-likeness (QED) is 0.589. The minimum atomic E-state index is -2.47. The van der Waals surface area contributed by atoms with Crippen LogP contribution in [0, 0.1) is 5.92 Å². The highest BCUT2D eigenvalue weighted by Gasteiger charge is 2.50. The monoisotopic (exact) mass is 381 g/mol. The highest BCUT2D eigenvalue weighted by Crippen LogP contribution is 2.37. The highest BCUT2D eigenvalue weighted by molar-refractivity contribution is 6.99. The van der Waals surface area contributed by atoms with Crippen molar-refractivity contribution < 1.29 is 9.22 Å². The van der Waals surface area contributed by atoms with Crippen molar-refractivity contribution in [2.24, 2.45) is 5.92 Å². The molecule has 2 aromatic carbocycles. The van der Waals surface area contributed by atoms with Crippen LogP contribution >= 0.6 is 0 Å². The zero-order chi connectivity index (χ0) is 19.5. The molecule has 1 saturated heterocycles. The fraction of sp³-hybridized carbons (Fsp3) is 0.435. The molecule has 4 heteroatoms. The van der Waals surface area contributed by atoms with Gasteiger partial charge in [0.15, 0.2) is 0 Å². The second kappa shape index (κ2) is 7.99. The topological polar surface area (TPSA) is 38.3 Å². The lowest BCUT2D eigenvalue weighted by Crippen LogP contribution is -2.67. The van der Waals surface area contributed by atoms with Crippen molar-refractivity contribution in [3.8, 4) is 0 Å². The second-order valence-corrected chi connectivity index (χ2v) is 12.7. The van der Waals surface area contributed by atoms with E-state index in [0.29, 0.717) is 6.61 Å². The van der Waals surface area contributed by atoms with Crippen molar-refractivity contribution >= 4 is 24.6 Å². The molecule has 0 aliphatic carbocycles. The van der Waals surface area contributed by atoms with Gasteiger partial charge < -0.3 is 9.74 Å². The van der Waals surface area contributed by atoms with Crippen LogP contribution < -0.4 is 15.7 Å². The average molecular weight is 382 g/mol. The Balaban J connectivity index is 1.91. The lowest BCUT2D eigenvalue weighted by molar-refractivity contribution is -0.135. The predicted octanol–water partition coefficient (Wildman–Crippen LogP) is 3.48. The third-order valence-corrected chi connectivity index (χ3v) is 10.8. The second-order valence-electron chi connectivity index (χ2n) is 8.43. The van der Waals surface area contributed by atoms with E-state index in [0.717, 1.165) is 12.8 Å². The Kier molecular flexibility index (Phi) is 5.87. The van der Waals surface area contributed by atoms with Gasteiger partial charge in [-0.05, 0) is 28.3 Å². The van der Waals surface area contributed by atoms with Crippen molar-refractivity contribution in [2.75, 3.05) is 6.61 Å². The lowest BCUT2D eigenvalue weighted by Gasteiger charge is -2.44. The Labute approximate surface area is 164 Å². The third-order valence-electron chi connectivity index (χ3n) is 5.75. The van der Waals surface area contributed by atoms with Crippen molar-refractivity contribution in [3.05, 3.63) is 60.7 Å². The van der Waals surface area contributed by atoms with Gasteiger partial charge in [-0.1, -0.05) is 88.4 Å². The SMILES string of the molecule is CC[C@@H]1C(=O)N[C@H]1CCO[Si](c1ccccc1)(c1ccccc1)C(C)(C)C. The molecule has 0 spiro atoms. The molecule has 0 aromatic heterocycles. The number of benzene rings is 2. The molecule has 1 N–H and O–H groups in total. The number of rotatable bonds is 7. The average Bonchev–Trinajstić information content (AvgIpc) is 2.65. The summed E-state index contributed by atoms with van der Waals surface area (Å²) in [6.45, 7) is 9.62. The first-order chi connectivity index (χ1) is 12.9. The Morgan fingerprint density at radius 2 is 1.48 bits per heavy atom. The number of nitrogens with one attached hydrogen (secondary N) is 1. The molecule has 1 aliphatic rings. The molecule has 1 fully saturated rings. The van der Waals surface area contributed by atoms with E-state index in [1.807, 2.05) is 0 Å². The third kappa shape index (κ3) is 3.74. The van der Waals surface area contributed by atoms with E-state index in [9.17, 15) is 4.79 Å². The van der Waals surface area contributed by atoms with Crippen LogP contribution in [0.4, 0.5) is 0 Å². The normalized spacial score (nSPS) is 20.1. The summed E-state index contributed by atoms with van der Waals surface area (Å²) in [5.74, 6) is 0.334. The highest BCUT2D eigenvalue weighted by atomic mass is 28.4. The molecule has 0 radical (unpaired) electrons. The molecular formula is C23H31NO2Si. The van der Waals surface area contributed by atoms with Gasteiger partial charge in [-0.25, -0.2) is 0 Å². The minimum Gasteiger partial charge on any atom is -0.407 e. The maximum absolute atomic E-state index is 11.7. The summed E-state index contributed by atoms with van der Waals surface area (Å²) in [4.78, 5) is 11.7. The number of carbonyl (C=O) groups excluding carboxylic acids is 1. The summed E-state index contributed by atoms with van der Waals surface area (Å²) < 4.78 is 6.89. The molecule has 27 heavy (non-hydrogen) atoms. The summed E-state index contributed by atoms with van der Waals surface area (Å²) in [5.41, 5.74) is 0. The maximum Gasteiger partial charge on any atom is 0.261 e. The fourth-order valence-electron chi connectivity index (χ4n) is 4.32. The van der Waals surface area contributed by atoms with Crippen molar-refractivity contribution in [3.63, 3.8) is 0 Å². The molecule has 1 heterocycles. The van der Waals surface area contributed by atoms with Crippen LogP contribution in [-0.2, 0) is 9.22 Å². The van der Waals surface area contributed by atoms with Gasteiger partial charge in [0.1, 0.15) is 0 Å². The van der Waals surface area contributed by atoms with Gasteiger partial charge in [-0.3, -0.25) is 4.79 Å². The smallest absolute Gasteiger partial charge is 0.261 e. The predicted molar refractivity (Wildman–Crippen MR) is 114 cm³/mol. The zero-order valence-corrected chi connectivity index (χ0v) is 17.9. The minimum absolute atomic E-state index is 0.0112. The van der Waals surface area contributed by atoms with E-state index in [1.165, 1.54) is 10.4 Å². The number of hydrogen-bond acceptors (Lipinski definition) is 2. The molecule has 2 aromatic rings. The van der Waals surface area contributed by atoms with E-state index >= 15 is 0 Å². The summed E-state index contributed by atoms with van der Waals surface area (Å²) in [5, 5.41) is 5.63. The van der Waals surface area contributed by atoms with E-state index in [-0.39, 0.29) is 22.9 Å². The Morgan fingerprint density at radius 3 is 1.89 bits per heavy atom. The Morgan fingerprint density at radius 1 is 0.963 bits per heavy atom. The van der Waals surface area contributed by atoms with Gasteiger partial charge in [0, 0.05) is 12.6 Å². The molecule has 1 aliphatic heterocycles. The van der Waals surface area contributed by atoms with Crippen LogP contribution in [0.1, 0.15) is 40.5 Å². The van der Waals surface area contributed by atoms with Gasteiger partial charge >= 0.3 is 0 Å². The number of amides is 1. The molecule has 0 saturated carbocycles. The van der Waals surface area contributed by atoms with Crippen molar-refractivity contribution in [2.45, 2.75) is 51.6 Å². The summed E-state index contributed by atoms with van der Waals surface area (Å²) >= 11 is 0. The maximum atomic E-state index is 11.7. The van der Waals surface area contributed by atoms with Crippen LogP contribution in [-0.4, -0.2) is 26.9 Å². The summed E-state index contributed by atoms with van der Waals surface area (Å²) in [6.07, 6.45) is 1.77. The largest absolute Gasteiger partial charge is 0.407 e. The van der Waals surface area contributed by atoms with Crippen LogP contribution in [0.2, 0.25) is 5.04 Å². The van der Waals surface area contributed by atoms with E-state index in [1.54, 1.807) is 0 Å². The van der Waals surface area contributed by atoms with Crippen LogP contribution in [0.15, 0.2) is 60.7 Å². The van der Waals surface area contributed by atoms with Gasteiger partial charge in [-0.2, -0.15) is 0 Å². The van der Waals surface area contributed by atoms with Gasteiger partial charge in [0.25, 0.3) is 8.32 Å². The molecule has 144 valence electrons. The van der Waals surface area contributed by atoms with E-state index < -0.39 is 8.32 Å². The molecule has 3 rings (SSSR count). The molecule has 2 atom stereocenters. The Bertz CT molecular complexity index is 715. The van der Waals surface area contributed by atoms with Gasteiger partial charge in [0.2, 0.25) is 5.91 Å². The first kappa shape index (κ1) is 19.8. The summed E-state index contributed by atoms with van der Waals surface area (Å²) in [7, 11) is -2.47. The zero-order valence-electron chi connectivity index (χ0n) is 16.9. The molecule has 0 bridgehead atoms. The standard InChI is InChI=1S/C23H31NO2Si/c1-5-20-21(24-22(20)25)16-17-26-27(23(2,3)4,18-12-8-6-9-13-18)19-14-10-7-11-15-19/h6-15,20-21H,5,16-17H2,1-4H3,(H,24,25)/t20-,21-/m0/s1. The molecule has 0 unspecified atom stereocenters. The van der Waals surface area contributed by atoms with E-state index in [4.69, 9.17) is 4.43 Å². The van der Waals surface area contributed by atoms with Crippen LogP contribution in [0.3, 0.4) is 0 Å². The number of carbonyl (C=O) groups is 1. The van der Waals surface area contributed by atoms with Crippen molar-refractivity contribution in [1.29, 1.82) is 0 Å². The van der Waals surface area contributed by atoms with Crippen molar-refractivity contribution in [1.82, 2.24) is 5.32 Å². The van der Waals surface area contributed by atoms with Gasteiger partial charge in [0.05, 0.1) is 5.92 Å². The van der Waals surface area contributed by atoms with E-state index in [2.05, 4.69) is 93.7 Å². The first-order valence-corrected chi connectivity index (χ1v) is 11.9. The number of hydrogen-bond donors (Lipinski definition) is 1. The Hall–Kier alpha value is -1.91. The first-order valence-electron chi connectivity index (χ1n) is 9.95. The fourth-order valence-corrected chi connectivity index (χ4v) is 8.90. The van der Waals surface area contributed by atoms with Gasteiger partial charge in [-0.15, -0.1) is 0 Å². The molecular weight excluding hydrogens is 350 g/mol. The van der Waals surface area contributed by atoms with Crippen LogP contribution in [0.5, 0.6) is 0 Å².